The second-order valence-electron chi connectivity index (χ2n) is 6.23. The first-order chi connectivity index (χ1) is 10.1. The van der Waals surface area contributed by atoms with Crippen LogP contribution in [0.2, 0.25) is 0 Å². The average Bonchev–Trinajstić information content (AvgIpc) is 2.47. The fourth-order valence-electron chi connectivity index (χ4n) is 2.89. The molecule has 115 valence electrons. The number of amides is 1. The highest BCUT2D eigenvalue weighted by Gasteiger charge is 2.28. The normalized spacial score (nSPS) is 18.0. The van der Waals surface area contributed by atoms with Gasteiger partial charge in [0.1, 0.15) is 0 Å². The Kier molecular flexibility index (Phi) is 5.74. The van der Waals surface area contributed by atoms with Gasteiger partial charge >= 0.3 is 0 Å². The Bertz CT molecular complexity index is 439. The molecule has 1 fully saturated rings. The highest BCUT2D eigenvalue weighted by atomic mass is 16.3. The third kappa shape index (κ3) is 4.81. The van der Waals surface area contributed by atoms with E-state index in [2.05, 4.69) is 18.8 Å². The maximum atomic E-state index is 12.8. The maximum Gasteiger partial charge on any atom is 0.226 e. The first-order valence-electron chi connectivity index (χ1n) is 7.71. The Morgan fingerprint density at radius 3 is 2.71 bits per heavy atom. The summed E-state index contributed by atoms with van der Waals surface area (Å²) >= 11 is 0. The molecule has 0 aliphatic carbocycles. The van der Waals surface area contributed by atoms with Crippen LogP contribution in [0.5, 0.6) is 0 Å². The summed E-state index contributed by atoms with van der Waals surface area (Å²) < 4.78 is 0. The maximum absolute atomic E-state index is 12.8. The number of aromatic nitrogens is 1. The van der Waals surface area contributed by atoms with E-state index in [4.69, 9.17) is 0 Å². The highest BCUT2D eigenvalue weighted by Crippen LogP contribution is 2.22. The number of nitrogens with zero attached hydrogens (tertiary/aromatic N) is 2. The average molecular weight is 289 g/mol. The van der Waals surface area contributed by atoms with Crippen LogP contribution in [-0.2, 0) is 11.2 Å². The largest absolute Gasteiger partial charge is 0.393 e. The third-order valence-corrected chi connectivity index (χ3v) is 3.98. The van der Waals surface area contributed by atoms with Gasteiger partial charge in [0.25, 0.3) is 0 Å². The van der Waals surface area contributed by atoms with Crippen molar-refractivity contribution in [2.45, 2.75) is 45.6 Å². The molecule has 0 aromatic carbocycles. The summed E-state index contributed by atoms with van der Waals surface area (Å²) in [4.78, 5) is 18.8. The molecule has 4 nitrogen and oxygen atoms in total. The zero-order valence-corrected chi connectivity index (χ0v) is 13.0. The number of hydrogen-bond donors (Lipinski definition) is 1. The number of hydrogen-bond acceptors (Lipinski definition) is 3. The lowest BCUT2D eigenvalue weighted by Gasteiger charge is -2.33. The van der Waals surface area contributed by atoms with Crippen molar-refractivity contribution < 1.29 is 9.90 Å². The van der Waals surface area contributed by atoms with Crippen molar-refractivity contribution in [3.63, 3.8) is 0 Å². The van der Waals surface area contributed by atoms with Crippen LogP contribution in [0.15, 0.2) is 24.5 Å². The van der Waals surface area contributed by atoms with Gasteiger partial charge in [0.15, 0.2) is 0 Å². The van der Waals surface area contributed by atoms with E-state index in [0.29, 0.717) is 25.9 Å². The molecular formula is C17H25N2O2. The number of carbonyl (C=O) groups is 1. The van der Waals surface area contributed by atoms with Gasteiger partial charge in [0, 0.05) is 31.4 Å². The van der Waals surface area contributed by atoms with Crippen molar-refractivity contribution in [3.05, 3.63) is 36.0 Å². The lowest BCUT2D eigenvalue weighted by molar-refractivity contribution is -0.137. The van der Waals surface area contributed by atoms with Gasteiger partial charge in [-0.15, -0.1) is 0 Å². The van der Waals surface area contributed by atoms with Crippen LogP contribution in [-0.4, -0.2) is 40.1 Å². The molecule has 1 radical (unpaired) electrons. The molecule has 1 aromatic heterocycles. The van der Waals surface area contributed by atoms with Gasteiger partial charge in [-0.1, -0.05) is 19.9 Å². The fourth-order valence-corrected chi connectivity index (χ4v) is 2.89. The minimum absolute atomic E-state index is 0.0190. The monoisotopic (exact) mass is 289 g/mol. The third-order valence-electron chi connectivity index (χ3n) is 3.98. The van der Waals surface area contributed by atoms with Gasteiger partial charge < -0.3 is 10.0 Å². The first kappa shape index (κ1) is 16.0. The molecule has 4 heteroatoms. The first-order valence-corrected chi connectivity index (χ1v) is 7.71. The summed E-state index contributed by atoms with van der Waals surface area (Å²) in [6, 6.07) is 3.94. The Balaban J connectivity index is 2.02. The Labute approximate surface area is 127 Å². The summed E-state index contributed by atoms with van der Waals surface area (Å²) in [5, 5.41) is 9.58. The number of carbonyl (C=O) groups excluding carboxylic acids is 1. The molecule has 1 saturated heterocycles. The summed E-state index contributed by atoms with van der Waals surface area (Å²) in [5.74, 6) is 1.47. The summed E-state index contributed by atoms with van der Waals surface area (Å²) in [6.07, 6.45) is 6.28. The van der Waals surface area contributed by atoms with Crippen LogP contribution in [0.3, 0.4) is 0 Å². The van der Waals surface area contributed by atoms with Crippen molar-refractivity contribution in [3.8, 4) is 0 Å². The Morgan fingerprint density at radius 1 is 1.43 bits per heavy atom. The zero-order chi connectivity index (χ0) is 15.2. The van der Waals surface area contributed by atoms with Crippen LogP contribution in [0, 0.1) is 11.8 Å². The van der Waals surface area contributed by atoms with E-state index in [0.717, 1.165) is 18.4 Å². The molecule has 1 aliphatic rings. The van der Waals surface area contributed by atoms with Crippen molar-refractivity contribution in [2.24, 2.45) is 5.92 Å². The number of likely N-dealkylation sites (tertiary alicyclic amines) is 1. The minimum atomic E-state index is -0.245. The van der Waals surface area contributed by atoms with Crippen LogP contribution >= 0.6 is 0 Å². The van der Waals surface area contributed by atoms with Crippen molar-refractivity contribution >= 4 is 5.91 Å². The Morgan fingerprint density at radius 2 is 2.14 bits per heavy atom. The van der Waals surface area contributed by atoms with Crippen LogP contribution in [0.4, 0.5) is 0 Å². The van der Waals surface area contributed by atoms with Gasteiger partial charge in [0.05, 0.1) is 6.10 Å². The van der Waals surface area contributed by atoms with Crippen molar-refractivity contribution in [2.75, 3.05) is 13.1 Å². The number of piperidine rings is 1. The van der Waals surface area contributed by atoms with E-state index in [1.807, 2.05) is 23.2 Å². The van der Waals surface area contributed by atoms with E-state index >= 15 is 0 Å². The molecule has 21 heavy (non-hydrogen) atoms. The topological polar surface area (TPSA) is 53.4 Å². The second kappa shape index (κ2) is 7.55. The standard InChI is InChI=1S/C17H25N2O2/c1-13(2)10-15(11-14-4-3-7-18-12-14)17(21)19-8-5-16(20)6-9-19/h3-4,7,12,15-16,20H,5-6,8-11H2,1-2H3/t15-/m0/s1. The van der Waals surface area contributed by atoms with Gasteiger partial charge in [-0.3, -0.25) is 9.78 Å². The van der Waals surface area contributed by atoms with E-state index in [1.165, 1.54) is 5.92 Å². The van der Waals surface area contributed by atoms with E-state index in [9.17, 15) is 9.90 Å². The summed E-state index contributed by atoms with van der Waals surface area (Å²) in [5.41, 5.74) is 1.11. The molecule has 0 bridgehead atoms. The molecule has 0 saturated carbocycles. The summed E-state index contributed by atoms with van der Waals surface area (Å²) in [6.45, 7) is 5.49. The molecule has 0 spiro atoms. The van der Waals surface area contributed by atoms with E-state index in [1.54, 1.807) is 6.20 Å². The second-order valence-corrected chi connectivity index (χ2v) is 6.23. The molecule has 2 heterocycles. The van der Waals surface area contributed by atoms with Gasteiger partial charge in [0.2, 0.25) is 5.91 Å². The Hall–Kier alpha value is -1.42. The summed E-state index contributed by atoms with van der Waals surface area (Å²) in [7, 11) is 0. The lowest BCUT2D eigenvalue weighted by Crippen LogP contribution is -2.43. The van der Waals surface area contributed by atoms with E-state index in [-0.39, 0.29) is 17.9 Å². The highest BCUT2D eigenvalue weighted by molar-refractivity contribution is 5.79. The molecule has 0 unspecified atom stereocenters. The molecule has 1 amide bonds. The fraction of sp³-hybridized carbons (Fsp3) is 0.588. The molecule has 1 N–H and O–H groups in total. The predicted molar refractivity (Wildman–Crippen MR) is 82.5 cm³/mol. The molecule has 2 rings (SSSR count). The molecular weight excluding hydrogens is 264 g/mol. The lowest BCUT2D eigenvalue weighted by atomic mass is 9.89. The number of aliphatic hydroxyl groups is 1. The minimum Gasteiger partial charge on any atom is -0.393 e. The van der Waals surface area contributed by atoms with Crippen molar-refractivity contribution in [1.29, 1.82) is 0 Å². The van der Waals surface area contributed by atoms with Gasteiger partial charge in [-0.05, 0) is 43.2 Å². The van der Waals surface area contributed by atoms with Gasteiger partial charge in [-0.25, -0.2) is 0 Å². The van der Waals surface area contributed by atoms with Crippen LogP contribution < -0.4 is 0 Å². The quantitative estimate of drug-likeness (QED) is 0.904. The number of aliphatic hydroxyl groups excluding tert-OH is 1. The number of rotatable bonds is 5. The molecule has 1 atom stereocenters. The van der Waals surface area contributed by atoms with E-state index < -0.39 is 0 Å². The van der Waals surface area contributed by atoms with Crippen LogP contribution in [0.1, 0.15) is 38.7 Å². The molecule has 1 aromatic rings. The molecule has 1 aliphatic heterocycles. The van der Waals surface area contributed by atoms with Gasteiger partial charge in [-0.2, -0.15) is 0 Å². The number of pyridine rings is 1. The zero-order valence-electron chi connectivity index (χ0n) is 13.0. The smallest absolute Gasteiger partial charge is 0.226 e. The predicted octanol–water partition coefficient (Wildman–Crippen LogP) is 2.23. The van der Waals surface area contributed by atoms with Crippen molar-refractivity contribution in [1.82, 2.24) is 9.88 Å². The SMILES string of the molecule is C[C](C)C[C@@H](Cc1cccnc1)C(=O)N1CCC(O)CC1. The van der Waals surface area contributed by atoms with Crippen LogP contribution in [0.25, 0.3) is 0 Å².